The third kappa shape index (κ3) is 1.74. The van der Waals surface area contributed by atoms with Crippen LogP contribution in [0.15, 0.2) is 5.10 Å². The summed E-state index contributed by atoms with van der Waals surface area (Å²) in [4.78, 5) is 11.3. The summed E-state index contributed by atoms with van der Waals surface area (Å²) in [6.07, 6.45) is 1.87. The minimum Gasteiger partial charge on any atom is -0.273 e. The fraction of sp³-hybridized carbons (Fsp3) is 0.800. The molecule has 1 unspecified atom stereocenters. The number of nitrogens with zero attached hydrogens (tertiary/aromatic N) is 2. The average Bonchev–Trinajstić information content (AvgIpc) is 2.24. The Morgan fingerprint density at radius 2 is 2.08 bits per heavy atom. The van der Waals surface area contributed by atoms with Crippen molar-refractivity contribution >= 4 is 12.1 Å². The van der Waals surface area contributed by atoms with E-state index in [1.165, 1.54) is 0 Å². The Hall–Kier alpha value is -0.860. The molecule has 1 amide bonds. The summed E-state index contributed by atoms with van der Waals surface area (Å²) in [5.74, 6) is 0.460. The number of hydrazone groups is 1. The number of hydrogen-bond donors (Lipinski definition) is 0. The maximum atomic E-state index is 11.3. The standard InChI is InChI=1S/C10H18N2O/c1-7(2)9-10(4,5)6-11-12(9)8(3)13/h6-7,9H,1-5H3. The molecule has 1 atom stereocenters. The van der Waals surface area contributed by atoms with Crippen LogP contribution in [0.4, 0.5) is 0 Å². The van der Waals surface area contributed by atoms with Crippen LogP contribution in [-0.2, 0) is 4.79 Å². The van der Waals surface area contributed by atoms with Crippen molar-refractivity contribution < 1.29 is 4.79 Å². The van der Waals surface area contributed by atoms with Gasteiger partial charge in [-0.1, -0.05) is 27.7 Å². The zero-order chi connectivity index (χ0) is 10.2. The summed E-state index contributed by atoms with van der Waals surface area (Å²) in [5.41, 5.74) is -0.000162. The van der Waals surface area contributed by atoms with Gasteiger partial charge in [0.05, 0.1) is 6.04 Å². The van der Waals surface area contributed by atoms with Gasteiger partial charge in [-0.15, -0.1) is 0 Å². The van der Waals surface area contributed by atoms with Gasteiger partial charge >= 0.3 is 0 Å². The van der Waals surface area contributed by atoms with Gasteiger partial charge in [0, 0.05) is 18.6 Å². The second-order valence-electron chi connectivity index (χ2n) is 4.62. The molecule has 0 bridgehead atoms. The highest BCUT2D eigenvalue weighted by Gasteiger charge is 2.41. The molecule has 3 heteroatoms. The molecule has 0 aromatic carbocycles. The van der Waals surface area contributed by atoms with Crippen molar-refractivity contribution in [3.8, 4) is 0 Å². The van der Waals surface area contributed by atoms with Crippen LogP contribution in [0.25, 0.3) is 0 Å². The van der Waals surface area contributed by atoms with Gasteiger partial charge in [0.1, 0.15) is 0 Å². The van der Waals surface area contributed by atoms with Gasteiger partial charge < -0.3 is 0 Å². The van der Waals surface area contributed by atoms with Crippen molar-refractivity contribution in [1.82, 2.24) is 5.01 Å². The van der Waals surface area contributed by atoms with E-state index in [1.807, 2.05) is 6.21 Å². The molecule has 0 N–H and O–H groups in total. The lowest BCUT2D eigenvalue weighted by Crippen LogP contribution is -2.43. The van der Waals surface area contributed by atoms with Crippen LogP contribution in [0.2, 0.25) is 0 Å². The number of rotatable bonds is 1. The predicted octanol–water partition coefficient (Wildman–Crippen LogP) is 1.89. The molecule has 0 fully saturated rings. The summed E-state index contributed by atoms with van der Waals surface area (Å²) in [6.45, 7) is 10.0. The summed E-state index contributed by atoms with van der Waals surface area (Å²) in [7, 11) is 0. The number of amides is 1. The Balaban J connectivity index is 2.92. The maximum absolute atomic E-state index is 11.3. The van der Waals surface area contributed by atoms with E-state index in [-0.39, 0.29) is 17.4 Å². The molecule has 1 aliphatic heterocycles. The van der Waals surface area contributed by atoms with Crippen LogP contribution in [0.1, 0.15) is 34.6 Å². The van der Waals surface area contributed by atoms with Gasteiger partial charge in [-0.3, -0.25) is 4.79 Å². The van der Waals surface area contributed by atoms with E-state index >= 15 is 0 Å². The van der Waals surface area contributed by atoms with Crippen molar-refractivity contribution in [2.24, 2.45) is 16.4 Å². The van der Waals surface area contributed by atoms with Gasteiger partial charge in [-0.05, 0) is 5.92 Å². The molecule has 74 valence electrons. The molecule has 0 saturated heterocycles. The molecule has 1 rings (SSSR count). The summed E-state index contributed by atoms with van der Waals surface area (Å²) >= 11 is 0. The minimum atomic E-state index is -0.000162. The molecule has 0 aliphatic carbocycles. The highest BCUT2D eigenvalue weighted by Crippen LogP contribution is 2.33. The zero-order valence-corrected chi connectivity index (χ0v) is 9.03. The normalized spacial score (nSPS) is 25.7. The molecule has 1 aliphatic rings. The van der Waals surface area contributed by atoms with Crippen molar-refractivity contribution in [2.45, 2.75) is 40.7 Å². The Morgan fingerprint density at radius 3 is 2.38 bits per heavy atom. The van der Waals surface area contributed by atoms with E-state index in [9.17, 15) is 4.79 Å². The van der Waals surface area contributed by atoms with Gasteiger partial charge in [0.25, 0.3) is 0 Å². The zero-order valence-electron chi connectivity index (χ0n) is 9.03. The van der Waals surface area contributed by atoms with Crippen LogP contribution in [0.5, 0.6) is 0 Å². The van der Waals surface area contributed by atoms with Gasteiger partial charge in [-0.2, -0.15) is 5.10 Å². The summed E-state index contributed by atoms with van der Waals surface area (Å²) in [5, 5.41) is 5.75. The lowest BCUT2D eigenvalue weighted by Gasteiger charge is -2.33. The van der Waals surface area contributed by atoms with Gasteiger partial charge in [0.15, 0.2) is 0 Å². The van der Waals surface area contributed by atoms with E-state index in [0.717, 1.165) is 0 Å². The second-order valence-corrected chi connectivity index (χ2v) is 4.62. The first-order chi connectivity index (χ1) is 5.86. The lowest BCUT2D eigenvalue weighted by molar-refractivity contribution is -0.132. The molecule has 0 aromatic heterocycles. The van der Waals surface area contributed by atoms with E-state index in [4.69, 9.17) is 0 Å². The molecular formula is C10H18N2O. The van der Waals surface area contributed by atoms with Crippen molar-refractivity contribution in [3.05, 3.63) is 0 Å². The van der Waals surface area contributed by atoms with Crippen LogP contribution in [0.3, 0.4) is 0 Å². The highest BCUT2D eigenvalue weighted by molar-refractivity contribution is 5.79. The smallest absolute Gasteiger partial charge is 0.239 e. The molecule has 0 saturated carbocycles. The number of carbonyl (C=O) groups excluding carboxylic acids is 1. The Morgan fingerprint density at radius 1 is 1.54 bits per heavy atom. The van der Waals surface area contributed by atoms with Crippen molar-refractivity contribution in [2.75, 3.05) is 0 Å². The molecule has 3 nitrogen and oxygen atoms in total. The quantitative estimate of drug-likeness (QED) is 0.609. The van der Waals surface area contributed by atoms with Crippen LogP contribution >= 0.6 is 0 Å². The topological polar surface area (TPSA) is 32.7 Å². The molecule has 13 heavy (non-hydrogen) atoms. The first-order valence-electron chi connectivity index (χ1n) is 4.71. The third-order valence-corrected chi connectivity index (χ3v) is 2.49. The number of carbonyl (C=O) groups is 1. The van der Waals surface area contributed by atoms with E-state index < -0.39 is 0 Å². The Kier molecular flexibility index (Phi) is 2.46. The number of hydrogen-bond acceptors (Lipinski definition) is 2. The Bertz CT molecular complexity index is 243. The summed E-state index contributed by atoms with van der Waals surface area (Å²) in [6, 6.07) is 0.199. The van der Waals surface area contributed by atoms with Crippen molar-refractivity contribution in [3.63, 3.8) is 0 Å². The van der Waals surface area contributed by atoms with Gasteiger partial charge in [0.2, 0.25) is 5.91 Å². The predicted molar refractivity (Wildman–Crippen MR) is 53.4 cm³/mol. The Labute approximate surface area is 79.8 Å². The first kappa shape index (κ1) is 10.2. The van der Waals surface area contributed by atoms with E-state index in [1.54, 1.807) is 11.9 Å². The monoisotopic (exact) mass is 182 g/mol. The fourth-order valence-corrected chi connectivity index (χ4v) is 2.09. The van der Waals surface area contributed by atoms with Crippen LogP contribution in [-0.4, -0.2) is 23.2 Å². The van der Waals surface area contributed by atoms with Crippen LogP contribution < -0.4 is 0 Å². The first-order valence-corrected chi connectivity index (χ1v) is 4.71. The molecule has 0 aromatic rings. The maximum Gasteiger partial charge on any atom is 0.239 e. The van der Waals surface area contributed by atoms with Crippen LogP contribution in [0, 0.1) is 11.3 Å². The highest BCUT2D eigenvalue weighted by atomic mass is 16.2. The lowest BCUT2D eigenvalue weighted by atomic mass is 9.80. The fourth-order valence-electron chi connectivity index (χ4n) is 2.09. The van der Waals surface area contributed by atoms with E-state index in [2.05, 4.69) is 32.8 Å². The SMILES string of the molecule is CC(=O)N1N=CC(C)(C)C1C(C)C. The molecule has 0 spiro atoms. The molecular weight excluding hydrogens is 164 g/mol. The summed E-state index contributed by atoms with van der Waals surface area (Å²) < 4.78 is 0. The molecule has 0 radical (unpaired) electrons. The molecule has 1 heterocycles. The average molecular weight is 182 g/mol. The van der Waals surface area contributed by atoms with Gasteiger partial charge in [-0.25, -0.2) is 5.01 Å². The largest absolute Gasteiger partial charge is 0.273 e. The second kappa shape index (κ2) is 3.13. The van der Waals surface area contributed by atoms with Crippen molar-refractivity contribution in [1.29, 1.82) is 0 Å². The van der Waals surface area contributed by atoms with E-state index in [0.29, 0.717) is 5.92 Å². The minimum absolute atomic E-state index is 0.000162. The third-order valence-electron chi connectivity index (χ3n) is 2.49.